The van der Waals surface area contributed by atoms with Crippen LogP contribution in [0, 0.1) is 0 Å². The van der Waals surface area contributed by atoms with Crippen molar-refractivity contribution in [1.82, 2.24) is 19.9 Å². The first-order chi connectivity index (χ1) is 22.5. The number of aromatic nitrogens is 3. The van der Waals surface area contributed by atoms with Crippen molar-refractivity contribution >= 4 is 39.3 Å². The number of carbonyl (C=O) groups excluding carboxylic acids is 2. The van der Waals surface area contributed by atoms with Crippen LogP contribution in [0.25, 0.3) is 32.9 Å². The average molecular weight is 647 g/mol. The molecule has 11 heteroatoms. The number of likely N-dealkylation sites (N-methyl/N-ethyl adjacent to an activating group) is 1. The minimum atomic E-state index is -5.08. The lowest BCUT2D eigenvalue weighted by Crippen LogP contribution is -2.32. The molecule has 0 aliphatic rings. The molecule has 0 aliphatic heterocycles. The highest BCUT2D eigenvalue weighted by molar-refractivity contribution is 5.87. The maximum absolute atomic E-state index is 13.8. The SMILES string of the molecule is CCC(=O)CCCCCC(C(=O)N(C)Cc1ccc2ncccc2c1)c1ncc(-c2ccc3ccccc3c2)[nH]1.O=C(O)C(F)(F)F. The molecule has 1 unspecified atom stereocenters. The molecule has 2 aromatic heterocycles. The van der Waals surface area contributed by atoms with Gasteiger partial charge < -0.3 is 15.0 Å². The number of carbonyl (C=O) groups is 3. The zero-order valence-corrected chi connectivity index (χ0v) is 26.3. The minimum absolute atomic E-state index is 0.0373. The molecule has 3 aromatic carbocycles. The number of aliphatic carboxylic acids is 1. The molecule has 8 nitrogen and oxygen atoms in total. The predicted molar refractivity (Wildman–Crippen MR) is 175 cm³/mol. The van der Waals surface area contributed by atoms with Crippen molar-refractivity contribution in [3.63, 3.8) is 0 Å². The zero-order chi connectivity index (χ0) is 34.0. The lowest BCUT2D eigenvalue weighted by molar-refractivity contribution is -0.192. The van der Waals surface area contributed by atoms with Gasteiger partial charge in [-0.25, -0.2) is 9.78 Å². The van der Waals surface area contributed by atoms with Crippen molar-refractivity contribution < 1.29 is 32.7 Å². The average Bonchev–Trinajstić information content (AvgIpc) is 3.55. The maximum Gasteiger partial charge on any atom is 0.490 e. The van der Waals surface area contributed by atoms with Crippen LogP contribution < -0.4 is 0 Å². The van der Waals surface area contributed by atoms with Gasteiger partial charge in [-0.3, -0.25) is 14.6 Å². The van der Waals surface area contributed by atoms with Gasteiger partial charge in [0.05, 0.1) is 23.3 Å². The number of nitrogens with zero attached hydrogens (tertiary/aromatic N) is 3. The molecular weight excluding hydrogens is 609 g/mol. The second-order valence-electron chi connectivity index (χ2n) is 11.3. The monoisotopic (exact) mass is 646 g/mol. The number of benzene rings is 3. The molecule has 5 rings (SSSR count). The summed E-state index contributed by atoms with van der Waals surface area (Å²) >= 11 is 0. The number of unbranched alkanes of at least 4 members (excludes halogenated alkanes) is 2. The lowest BCUT2D eigenvalue weighted by atomic mass is 9.97. The van der Waals surface area contributed by atoms with Crippen molar-refractivity contribution in [2.75, 3.05) is 7.05 Å². The van der Waals surface area contributed by atoms with Crippen molar-refractivity contribution in [3.8, 4) is 11.3 Å². The van der Waals surface area contributed by atoms with E-state index in [1.807, 2.05) is 56.6 Å². The van der Waals surface area contributed by atoms with Gasteiger partial charge in [-0.05, 0) is 53.4 Å². The van der Waals surface area contributed by atoms with E-state index in [1.54, 1.807) is 11.1 Å². The van der Waals surface area contributed by atoms with Gasteiger partial charge in [0.2, 0.25) is 5.91 Å². The van der Waals surface area contributed by atoms with Gasteiger partial charge in [0, 0.05) is 43.6 Å². The first-order valence-corrected chi connectivity index (χ1v) is 15.4. The summed E-state index contributed by atoms with van der Waals surface area (Å²) in [6.45, 7) is 2.41. The Labute approximate surface area is 270 Å². The molecule has 1 atom stereocenters. The van der Waals surface area contributed by atoms with Gasteiger partial charge in [-0.1, -0.05) is 68.3 Å². The van der Waals surface area contributed by atoms with Crippen LogP contribution in [-0.4, -0.2) is 55.8 Å². The van der Waals surface area contributed by atoms with Gasteiger partial charge in [0.1, 0.15) is 11.6 Å². The molecule has 0 bridgehead atoms. The van der Waals surface area contributed by atoms with E-state index in [0.29, 0.717) is 37.4 Å². The zero-order valence-electron chi connectivity index (χ0n) is 26.3. The molecule has 0 radical (unpaired) electrons. The number of imidazole rings is 1. The van der Waals surface area contributed by atoms with Crippen molar-refractivity contribution in [2.45, 2.75) is 64.1 Å². The topological polar surface area (TPSA) is 116 Å². The number of halogens is 3. The third kappa shape index (κ3) is 9.71. The summed E-state index contributed by atoms with van der Waals surface area (Å²) in [6, 6.07) is 24.7. The first kappa shape index (κ1) is 34.8. The number of nitrogens with one attached hydrogen (secondary N) is 1. The smallest absolute Gasteiger partial charge is 0.475 e. The van der Waals surface area contributed by atoms with Gasteiger partial charge in [0.15, 0.2) is 0 Å². The highest BCUT2D eigenvalue weighted by Gasteiger charge is 2.38. The van der Waals surface area contributed by atoms with Crippen LogP contribution in [0.15, 0.2) is 85.2 Å². The van der Waals surface area contributed by atoms with E-state index in [4.69, 9.17) is 14.9 Å². The number of H-pyrrole nitrogens is 1. The summed E-state index contributed by atoms with van der Waals surface area (Å²) < 4.78 is 31.7. The number of amides is 1. The Morgan fingerprint density at radius 2 is 1.62 bits per heavy atom. The van der Waals surface area contributed by atoms with Crippen LogP contribution in [0.5, 0.6) is 0 Å². The summed E-state index contributed by atoms with van der Waals surface area (Å²) in [6.07, 6.45) is 3.03. The van der Waals surface area contributed by atoms with Gasteiger partial charge in [0.25, 0.3) is 0 Å². The van der Waals surface area contributed by atoms with Crippen molar-refractivity contribution in [3.05, 3.63) is 96.6 Å². The number of Topliss-reactive ketones (excluding diaryl/α,β-unsaturated/α-hetero) is 1. The Kier molecular flexibility index (Phi) is 11.8. The number of aromatic amines is 1. The molecule has 2 heterocycles. The van der Waals surface area contributed by atoms with E-state index in [0.717, 1.165) is 52.4 Å². The van der Waals surface area contributed by atoms with Crippen molar-refractivity contribution in [1.29, 1.82) is 0 Å². The second kappa shape index (κ2) is 16.0. The number of pyridine rings is 1. The molecule has 47 heavy (non-hydrogen) atoms. The Hall–Kier alpha value is -5.06. The Morgan fingerprint density at radius 1 is 0.894 bits per heavy atom. The maximum atomic E-state index is 13.8. The number of carboxylic acids is 1. The van der Waals surface area contributed by atoms with Crippen LogP contribution in [0.2, 0.25) is 0 Å². The number of alkyl halides is 3. The van der Waals surface area contributed by atoms with Crippen LogP contribution in [0.1, 0.15) is 62.8 Å². The molecule has 0 aliphatic carbocycles. The van der Waals surface area contributed by atoms with Crippen LogP contribution in [0.3, 0.4) is 0 Å². The lowest BCUT2D eigenvalue weighted by Gasteiger charge is -2.23. The first-order valence-electron chi connectivity index (χ1n) is 15.4. The number of hydrogen-bond acceptors (Lipinski definition) is 5. The van der Waals surface area contributed by atoms with Crippen LogP contribution >= 0.6 is 0 Å². The third-order valence-electron chi connectivity index (χ3n) is 7.83. The van der Waals surface area contributed by atoms with E-state index in [2.05, 4.69) is 46.4 Å². The van der Waals surface area contributed by atoms with Gasteiger partial charge >= 0.3 is 12.1 Å². The Balaban J connectivity index is 0.000000644. The molecule has 246 valence electrons. The van der Waals surface area contributed by atoms with Crippen LogP contribution in [-0.2, 0) is 20.9 Å². The fraction of sp³-hybridized carbons (Fsp3) is 0.306. The highest BCUT2D eigenvalue weighted by atomic mass is 19.4. The molecule has 0 saturated carbocycles. The number of ketones is 1. The summed E-state index contributed by atoms with van der Waals surface area (Å²) in [7, 11) is 1.86. The Bertz CT molecular complexity index is 1840. The Morgan fingerprint density at radius 3 is 2.34 bits per heavy atom. The number of carboxylic acid groups (broad SMARTS) is 1. The fourth-order valence-electron chi connectivity index (χ4n) is 5.26. The molecular formula is C36H37F3N4O4. The van der Waals surface area contributed by atoms with Crippen molar-refractivity contribution in [2.24, 2.45) is 0 Å². The molecule has 0 fully saturated rings. The normalized spacial score (nSPS) is 11.9. The number of fused-ring (bicyclic) bond motifs is 2. The standard InChI is InChI=1S/C34H36N4O2.C2HF3O2/c1-3-29(39)13-5-4-6-14-30(34(40)38(2)23-24-15-18-31-27(20-24)12-9-19-35-31)33-36-22-32(37-33)28-17-16-25-10-7-8-11-26(25)21-28;3-2(4,5)1(6)7/h7-12,15-22,30H,3-6,13-14,23H2,1-2H3,(H,36,37);(H,6,7). The molecule has 0 saturated heterocycles. The minimum Gasteiger partial charge on any atom is -0.475 e. The molecule has 1 amide bonds. The molecule has 2 N–H and O–H groups in total. The predicted octanol–water partition coefficient (Wildman–Crippen LogP) is 8.08. The summed E-state index contributed by atoms with van der Waals surface area (Å²) in [5.41, 5.74) is 3.94. The summed E-state index contributed by atoms with van der Waals surface area (Å²) in [5.74, 6) is -2.12. The van der Waals surface area contributed by atoms with E-state index in [1.165, 1.54) is 5.39 Å². The number of rotatable bonds is 12. The highest BCUT2D eigenvalue weighted by Crippen LogP contribution is 2.28. The second-order valence-corrected chi connectivity index (χ2v) is 11.3. The quantitative estimate of drug-likeness (QED) is 0.132. The van der Waals surface area contributed by atoms with Gasteiger partial charge in [-0.15, -0.1) is 0 Å². The van der Waals surface area contributed by atoms with Crippen LogP contribution in [0.4, 0.5) is 13.2 Å². The summed E-state index contributed by atoms with van der Waals surface area (Å²) in [5, 5.41) is 10.5. The van der Waals surface area contributed by atoms with E-state index in [-0.39, 0.29) is 11.8 Å². The van der Waals surface area contributed by atoms with Gasteiger partial charge in [-0.2, -0.15) is 13.2 Å². The third-order valence-corrected chi connectivity index (χ3v) is 7.83. The fourth-order valence-corrected chi connectivity index (χ4v) is 5.26. The molecule has 5 aromatic rings. The largest absolute Gasteiger partial charge is 0.490 e. The summed E-state index contributed by atoms with van der Waals surface area (Å²) in [4.78, 5) is 48.8. The van der Waals surface area contributed by atoms with E-state index in [9.17, 15) is 22.8 Å². The van der Waals surface area contributed by atoms with E-state index >= 15 is 0 Å². The van der Waals surface area contributed by atoms with E-state index < -0.39 is 12.1 Å². The molecule has 0 spiro atoms. The number of hydrogen-bond donors (Lipinski definition) is 2.